The van der Waals surface area contributed by atoms with E-state index < -0.39 is 0 Å². The fourth-order valence-corrected chi connectivity index (χ4v) is 3.24. The van der Waals surface area contributed by atoms with Crippen molar-refractivity contribution in [3.63, 3.8) is 0 Å². The third-order valence-electron chi connectivity index (χ3n) is 4.38. The minimum atomic E-state index is 0.453. The molecular weight excluding hydrogens is 232 g/mol. The topological polar surface area (TPSA) is 15.3 Å². The smallest absolute Gasteiger partial charge is 0.0447 e. The lowest BCUT2D eigenvalue weighted by Gasteiger charge is -2.24. The van der Waals surface area contributed by atoms with Crippen molar-refractivity contribution < 1.29 is 0 Å². The van der Waals surface area contributed by atoms with Gasteiger partial charge >= 0.3 is 0 Å². The van der Waals surface area contributed by atoms with Crippen molar-refractivity contribution >= 4 is 0 Å². The number of nitrogens with zero attached hydrogens (tertiary/aromatic N) is 1. The SMILES string of the molecule is CCC1CCN(CC(NC)c2cc(C)cc(C)c2)C1. The Kier molecular flexibility index (Phi) is 5.00. The van der Waals surface area contributed by atoms with E-state index in [4.69, 9.17) is 0 Å². The molecule has 0 aliphatic carbocycles. The van der Waals surface area contributed by atoms with E-state index in [9.17, 15) is 0 Å². The van der Waals surface area contributed by atoms with Crippen LogP contribution in [0, 0.1) is 19.8 Å². The molecule has 2 heteroatoms. The Labute approximate surface area is 118 Å². The molecule has 1 aromatic rings. The third kappa shape index (κ3) is 3.80. The molecule has 0 saturated carbocycles. The molecule has 2 rings (SSSR count). The Morgan fingerprint density at radius 3 is 2.47 bits per heavy atom. The highest BCUT2D eigenvalue weighted by molar-refractivity contribution is 5.30. The molecule has 1 aliphatic heterocycles. The highest BCUT2D eigenvalue weighted by atomic mass is 15.2. The van der Waals surface area contributed by atoms with Crippen LogP contribution in [0.4, 0.5) is 0 Å². The first-order chi connectivity index (χ1) is 9.12. The summed E-state index contributed by atoms with van der Waals surface area (Å²) in [4.78, 5) is 2.62. The van der Waals surface area contributed by atoms with Gasteiger partial charge in [-0.15, -0.1) is 0 Å². The summed E-state index contributed by atoms with van der Waals surface area (Å²) < 4.78 is 0. The van der Waals surface area contributed by atoms with E-state index in [1.807, 2.05) is 0 Å². The van der Waals surface area contributed by atoms with Gasteiger partial charge in [-0.2, -0.15) is 0 Å². The summed E-state index contributed by atoms with van der Waals surface area (Å²) in [6.45, 7) is 10.4. The summed E-state index contributed by atoms with van der Waals surface area (Å²) in [5.74, 6) is 0.914. The van der Waals surface area contributed by atoms with Crippen molar-refractivity contribution in [1.29, 1.82) is 0 Å². The van der Waals surface area contributed by atoms with Crippen LogP contribution in [0.15, 0.2) is 18.2 Å². The lowest BCUT2D eigenvalue weighted by atomic mass is 10.0. The Balaban J connectivity index is 2.03. The van der Waals surface area contributed by atoms with Crippen molar-refractivity contribution in [3.05, 3.63) is 34.9 Å². The minimum absolute atomic E-state index is 0.453. The van der Waals surface area contributed by atoms with Crippen LogP contribution in [0.5, 0.6) is 0 Å². The van der Waals surface area contributed by atoms with Crippen LogP contribution in [0.3, 0.4) is 0 Å². The molecule has 2 atom stereocenters. The number of likely N-dealkylation sites (N-methyl/N-ethyl adjacent to an activating group) is 1. The quantitative estimate of drug-likeness (QED) is 0.874. The summed E-state index contributed by atoms with van der Waals surface area (Å²) in [7, 11) is 2.08. The van der Waals surface area contributed by atoms with Gasteiger partial charge in [-0.1, -0.05) is 42.7 Å². The van der Waals surface area contributed by atoms with Crippen LogP contribution >= 0.6 is 0 Å². The Hall–Kier alpha value is -0.860. The lowest BCUT2D eigenvalue weighted by Crippen LogP contribution is -2.32. The van der Waals surface area contributed by atoms with Gasteiger partial charge in [-0.3, -0.25) is 0 Å². The molecule has 1 heterocycles. The predicted molar refractivity (Wildman–Crippen MR) is 82.6 cm³/mol. The van der Waals surface area contributed by atoms with Crippen LogP contribution in [-0.4, -0.2) is 31.6 Å². The molecule has 0 amide bonds. The number of rotatable bonds is 5. The molecule has 1 saturated heterocycles. The average Bonchev–Trinajstić information content (AvgIpc) is 2.82. The Bertz CT molecular complexity index is 393. The van der Waals surface area contributed by atoms with Crippen LogP contribution in [0.2, 0.25) is 0 Å². The van der Waals surface area contributed by atoms with Gasteiger partial charge in [-0.25, -0.2) is 0 Å². The van der Waals surface area contributed by atoms with Crippen molar-refractivity contribution in [3.8, 4) is 0 Å². The summed E-state index contributed by atoms with van der Waals surface area (Å²) in [5.41, 5.74) is 4.16. The lowest BCUT2D eigenvalue weighted by molar-refractivity contribution is 0.287. The number of hydrogen-bond donors (Lipinski definition) is 1. The van der Waals surface area contributed by atoms with Gasteiger partial charge in [0.2, 0.25) is 0 Å². The third-order valence-corrected chi connectivity index (χ3v) is 4.38. The highest BCUT2D eigenvalue weighted by Gasteiger charge is 2.23. The second kappa shape index (κ2) is 6.53. The van der Waals surface area contributed by atoms with Gasteiger partial charge < -0.3 is 10.2 Å². The fraction of sp³-hybridized carbons (Fsp3) is 0.647. The number of likely N-dealkylation sites (tertiary alicyclic amines) is 1. The predicted octanol–water partition coefficient (Wildman–Crippen LogP) is 3.30. The van der Waals surface area contributed by atoms with Crippen LogP contribution in [-0.2, 0) is 0 Å². The Morgan fingerprint density at radius 1 is 1.26 bits per heavy atom. The zero-order valence-electron chi connectivity index (χ0n) is 12.9. The van der Waals surface area contributed by atoms with E-state index in [-0.39, 0.29) is 0 Å². The highest BCUT2D eigenvalue weighted by Crippen LogP contribution is 2.23. The molecule has 1 aromatic carbocycles. The molecule has 1 aliphatic rings. The van der Waals surface area contributed by atoms with E-state index in [0.29, 0.717) is 6.04 Å². The maximum absolute atomic E-state index is 3.49. The normalized spacial score (nSPS) is 21.8. The molecule has 106 valence electrons. The second-order valence-corrected chi connectivity index (χ2v) is 6.08. The van der Waals surface area contributed by atoms with E-state index in [1.54, 1.807) is 0 Å². The first-order valence-electron chi connectivity index (χ1n) is 7.60. The van der Waals surface area contributed by atoms with Gasteiger partial charge in [-0.05, 0) is 45.3 Å². The largest absolute Gasteiger partial charge is 0.312 e. The van der Waals surface area contributed by atoms with E-state index in [0.717, 1.165) is 12.5 Å². The summed E-state index contributed by atoms with van der Waals surface area (Å²) in [6, 6.07) is 7.34. The summed E-state index contributed by atoms with van der Waals surface area (Å²) in [6.07, 6.45) is 2.70. The van der Waals surface area contributed by atoms with Crippen molar-refractivity contribution in [2.75, 3.05) is 26.7 Å². The maximum Gasteiger partial charge on any atom is 0.0447 e. The molecule has 1 N–H and O–H groups in total. The zero-order valence-corrected chi connectivity index (χ0v) is 12.9. The number of nitrogens with one attached hydrogen (secondary N) is 1. The van der Waals surface area contributed by atoms with Gasteiger partial charge in [0.05, 0.1) is 0 Å². The van der Waals surface area contributed by atoms with Gasteiger partial charge in [0.1, 0.15) is 0 Å². The van der Waals surface area contributed by atoms with Gasteiger partial charge in [0, 0.05) is 19.1 Å². The molecule has 0 bridgehead atoms. The van der Waals surface area contributed by atoms with E-state index in [1.165, 1.54) is 42.6 Å². The van der Waals surface area contributed by atoms with Crippen molar-refractivity contribution in [1.82, 2.24) is 10.2 Å². The standard InChI is InChI=1S/C17H28N2/c1-5-15-6-7-19(11-15)12-17(18-4)16-9-13(2)8-14(3)10-16/h8-10,15,17-18H,5-7,11-12H2,1-4H3. The molecule has 1 fully saturated rings. The first-order valence-corrected chi connectivity index (χ1v) is 7.60. The van der Waals surface area contributed by atoms with E-state index >= 15 is 0 Å². The number of aryl methyl sites for hydroxylation is 2. The second-order valence-electron chi connectivity index (χ2n) is 6.08. The fourth-order valence-electron chi connectivity index (χ4n) is 3.24. The molecule has 19 heavy (non-hydrogen) atoms. The molecule has 0 spiro atoms. The minimum Gasteiger partial charge on any atom is -0.312 e. The zero-order chi connectivity index (χ0) is 13.8. The average molecular weight is 260 g/mol. The Morgan fingerprint density at radius 2 is 1.95 bits per heavy atom. The van der Waals surface area contributed by atoms with E-state index in [2.05, 4.69) is 56.2 Å². The monoisotopic (exact) mass is 260 g/mol. The molecule has 0 radical (unpaired) electrons. The summed E-state index contributed by atoms with van der Waals surface area (Å²) in [5, 5.41) is 3.49. The summed E-state index contributed by atoms with van der Waals surface area (Å²) >= 11 is 0. The van der Waals surface area contributed by atoms with Gasteiger partial charge in [0.25, 0.3) is 0 Å². The van der Waals surface area contributed by atoms with Crippen LogP contribution < -0.4 is 5.32 Å². The molecular formula is C17H28N2. The first kappa shape index (κ1) is 14.5. The van der Waals surface area contributed by atoms with Crippen LogP contribution in [0.25, 0.3) is 0 Å². The molecule has 2 nitrogen and oxygen atoms in total. The molecule has 0 aromatic heterocycles. The number of hydrogen-bond acceptors (Lipinski definition) is 2. The van der Waals surface area contributed by atoms with Crippen molar-refractivity contribution in [2.45, 2.75) is 39.7 Å². The maximum atomic E-state index is 3.49. The van der Waals surface area contributed by atoms with Crippen molar-refractivity contribution in [2.24, 2.45) is 5.92 Å². The van der Waals surface area contributed by atoms with Crippen LogP contribution in [0.1, 0.15) is 42.5 Å². The van der Waals surface area contributed by atoms with Gasteiger partial charge in [0.15, 0.2) is 0 Å². The number of benzene rings is 1. The molecule has 2 unspecified atom stereocenters.